The largest absolute Gasteiger partial charge is 0.505 e. The second kappa shape index (κ2) is 16.8. The lowest BCUT2D eigenvalue weighted by Gasteiger charge is -2.32. The van der Waals surface area contributed by atoms with Crippen LogP contribution < -0.4 is 26.8 Å². The van der Waals surface area contributed by atoms with Gasteiger partial charge in [-0.2, -0.15) is 4.98 Å². The van der Waals surface area contributed by atoms with Gasteiger partial charge in [0, 0.05) is 57.4 Å². The van der Waals surface area contributed by atoms with Gasteiger partial charge >= 0.3 is 6.09 Å². The molecule has 2 aromatic carbocycles. The van der Waals surface area contributed by atoms with Crippen LogP contribution in [0.25, 0.3) is 11.0 Å². The zero-order valence-electron chi connectivity index (χ0n) is 29.8. The van der Waals surface area contributed by atoms with E-state index in [-0.39, 0.29) is 28.5 Å². The SMILES string of the molecule is CN1CCN(CCNc2ncc3cc(C(=O)Nc4c(Cl)ccc(C(=O)NC(=O)C(CNC(=O)OC(C)(C)C)c5ccccc5)c4O)c(=O)[nH]c3n2)CC1. The standard InChI is InChI=1S/C36H42ClN9O7/c1-36(2,3)53-35(52)40-20-25(21-8-6-5-7-9-21)33(51)44-30(48)23-10-11-26(37)27(28(23)47)41-31(49)24-18-22-19-39-34(43-29(22)42-32(24)50)38-12-13-46-16-14-45(4)15-17-46/h5-11,18-19,25,47H,12-17,20H2,1-4H3,(H,40,52)(H,41,49)(H,44,48,51)(H2,38,39,42,43,50). The monoisotopic (exact) mass is 747 g/mol. The molecule has 280 valence electrons. The molecule has 0 saturated carbocycles. The Morgan fingerprint density at radius 2 is 1.74 bits per heavy atom. The van der Waals surface area contributed by atoms with Gasteiger partial charge in [0.25, 0.3) is 17.4 Å². The highest BCUT2D eigenvalue weighted by atomic mass is 35.5. The van der Waals surface area contributed by atoms with Crippen LogP contribution in [0.3, 0.4) is 0 Å². The smallest absolute Gasteiger partial charge is 0.407 e. The van der Waals surface area contributed by atoms with E-state index in [1.165, 1.54) is 24.4 Å². The number of halogens is 1. The Bertz CT molecular complexity index is 2050. The molecule has 16 nitrogen and oxygen atoms in total. The number of ether oxygens (including phenoxy) is 1. The average Bonchev–Trinajstić information content (AvgIpc) is 3.10. The Morgan fingerprint density at radius 3 is 2.43 bits per heavy atom. The summed E-state index contributed by atoms with van der Waals surface area (Å²) in [6.45, 7) is 10.3. The summed E-state index contributed by atoms with van der Waals surface area (Å²) in [4.78, 5) is 81.2. The van der Waals surface area contributed by atoms with Crippen LogP contribution in [0.15, 0.2) is 59.5 Å². The number of nitrogens with one attached hydrogen (secondary N) is 5. The molecule has 0 bridgehead atoms. The van der Waals surface area contributed by atoms with Crippen LogP contribution in [0.5, 0.6) is 5.75 Å². The van der Waals surface area contributed by atoms with Crippen molar-refractivity contribution in [1.29, 1.82) is 0 Å². The van der Waals surface area contributed by atoms with E-state index in [0.717, 1.165) is 32.7 Å². The van der Waals surface area contributed by atoms with E-state index in [4.69, 9.17) is 16.3 Å². The van der Waals surface area contributed by atoms with Crippen LogP contribution in [0.2, 0.25) is 5.02 Å². The minimum Gasteiger partial charge on any atom is -0.505 e. The molecule has 4 amide bonds. The zero-order valence-corrected chi connectivity index (χ0v) is 30.5. The lowest BCUT2D eigenvalue weighted by Crippen LogP contribution is -2.45. The second-order valence-corrected chi connectivity index (χ2v) is 13.9. The molecule has 4 aromatic rings. The number of alkyl carbamates (subject to hydrolysis) is 1. The number of aromatic hydroxyl groups is 1. The van der Waals surface area contributed by atoms with Crippen LogP contribution in [-0.4, -0.2) is 112 Å². The van der Waals surface area contributed by atoms with Crippen molar-refractivity contribution >= 4 is 58.1 Å². The van der Waals surface area contributed by atoms with E-state index in [1.807, 2.05) is 0 Å². The van der Waals surface area contributed by atoms with Crippen LogP contribution in [0, 0.1) is 0 Å². The number of rotatable bonds is 11. The number of benzene rings is 2. The normalized spacial score (nSPS) is 14.3. The zero-order chi connectivity index (χ0) is 38.3. The first-order valence-electron chi connectivity index (χ1n) is 16.9. The van der Waals surface area contributed by atoms with Crippen LogP contribution in [0.4, 0.5) is 16.4 Å². The van der Waals surface area contributed by atoms with E-state index in [2.05, 4.69) is 53.1 Å². The van der Waals surface area contributed by atoms with Gasteiger partial charge in [-0.05, 0) is 51.6 Å². The van der Waals surface area contributed by atoms with Crippen molar-refractivity contribution in [1.82, 2.24) is 35.4 Å². The third kappa shape index (κ3) is 10.3. The summed E-state index contributed by atoms with van der Waals surface area (Å²) < 4.78 is 5.26. The summed E-state index contributed by atoms with van der Waals surface area (Å²) in [5.74, 6) is -4.17. The highest BCUT2D eigenvalue weighted by Gasteiger charge is 2.27. The molecule has 6 N–H and O–H groups in total. The maximum atomic E-state index is 13.4. The minimum absolute atomic E-state index is 0.143. The minimum atomic E-state index is -1.01. The summed E-state index contributed by atoms with van der Waals surface area (Å²) in [6, 6.07) is 12.2. The second-order valence-electron chi connectivity index (χ2n) is 13.5. The molecule has 3 heterocycles. The molecular formula is C36H42ClN9O7. The number of hydrogen-bond acceptors (Lipinski definition) is 12. The molecule has 1 aliphatic heterocycles. The Hall–Kier alpha value is -5.58. The molecule has 0 spiro atoms. The molecule has 53 heavy (non-hydrogen) atoms. The topological polar surface area (TPSA) is 211 Å². The summed E-state index contributed by atoms with van der Waals surface area (Å²) in [5.41, 5.74) is -1.91. The van der Waals surface area contributed by atoms with Crippen molar-refractivity contribution in [2.45, 2.75) is 32.3 Å². The number of anilines is 2. The number of carbonyl (C=O) groups is 4. The Morgan fingerprint density at radius 1 is 1.02 bits per heavy atom. The number of H-pyrrole nitrogens is 1. The number of phenols is 1. The number of aromatic nitrogens is 3. The number of amides is 4. The highest BCUT2D eigenvalue weighted by molar-refractivity contribution is 6.34. The number of nitrogens with zero attached hydrogens (tertiary/aromatic N) is 4. The molecule has 17 heteroatoms. The molecule has 1 aliphatic rings. The van der Waals surface area contributed by atoms with Gasteiger partial charge in [0.1, 0.15) is 22.5 Å². The van der Waals surface area contributed by atoms with Crippen molar-refractivity contribution in [3.05, 3.63) is 86.8 Å². The number of piperazine rings is 1. The quantitative estimate of drug-likeness (QED) is 0.122. The summed E-state index contributed by atoms with van der Waals surface area (Å²) in [7, 11) is 2.10. The Kier molecular flexibility index (Phi) is 12.3. The van der Waals surface area contributed by atoms with Crippen LogP contribution >= 0.6 is 11.6 Å². The first kappa shape index (κ1) is 38.6. The van der Waals surface area contributed by atoms with Gasteiger partial charge in [0.05, 0.1) is 16.5 Å². The third-order valence-electron chi connectivity index (χ3n) is 8.36. The highest BCUT2D eigenvalue weighted by Crippen LogP contribution is 2.35. The molecule has 1 unspecified atom stereocenters. The number of phenolic OH excluding ortho intramolecular Hbond substituents is 1. The van der Waals surface area contributed by atoms with Gasteiger partial charge in [-0.15, -0.1) is 0 Å². The lowest BCUT2D eigenvalue weighted by molar-refractivity contribution is -0.121. The number of likely N-dealkylation sites (N-methyl/N-ethyl adjacent to an activating group) is 1. The third-order valence-corrected chi connectivity index (χ3v) is 8.67. The number of fused-ring (bicyclic) bond motifs is 1. The van der Waals surface area contributed by atoms with Crippen molar-refractivity contribution in [3.8, 4) is 5.75 Å². The van der Waals surface area contributed by atoms with Crippen molar-refractivity contribution in [2.24, 2.45) is 0 Å². The fourth-order valence-electron chi connectivity index (χ4n) is 5.51. The molecular weight excluding hydrogens is 706 g/mol. The number of hydrogen-bond donors (Lipinski definition) is 6. The van der Waals surface area contributed by atoms with Crippen LogP contribution in [0.1, 0.15) is 53.0 Å². The van der Waals surface area contributed by atoms with Crippen molar-refractivity contribution in [2.75, 3.05) is 63.5 Å². The summed E-state index contributed by atoms with van der Waals surface area (Å²) in [5, 5.41) is 21.6. The molecule has 1 atom stereocenters. The van der Waals surface area contributed by atoms with E-state index in [1.54, 1.807) is 51.1 Å². The van der Waals surface area contributed by atoms with E-state index in [9.17, 15) is 29.1 Å². The summed E-state index contributed by atoms with van der Waals surface area (Å²) in [6.07, 6.45) is 0.714. The number of aromatic amines is 1. The Balaban J connectivity index is 1.27. The molecule has 0 radical (unpaired) electrons. The number of carbonyl (C=O) groups excluding carboxylic acids is 4. The fourth-order valence-corrected chi connectivity index (χ4v) is 5.71. The predicted octanol–water partition coefficient (Wildman–Crippen LogP) is 3.15. The van der Waals surface area contributed by atoms with E-state index >= 15 is 0 Å². The molecule has 0 aliphatic carbocycles. The van der Waals surface area contributed by atoms with Crippen molar-refractivity contribution < 1.29 is 29.0 Å². The molecule has 5 rings (SSSR count). The lowest BCUT2D eigenvalue weighted by atomic mass is 9.98. The average molecular weight is 748 g/mol. The van der Waals surface area contributed by atoms with E-state index in [0.29, 0.717) is 23.4 Å². The van der Waals surface area contributed by atoms with Crippen LogP contribution in [-0.2, 0) is 9.53 Å². The van der Waals surface area contributed by atoms with Gasteiger partial charge < -0.3 is 35.7 Å². The first-order chi connectivity index (χ1) is 25.2. The Labute approximate surface area is 310 Å². The van der Waals surface area contributed by atoms with Crippen molar-refractivity contribution in [3.63, 3.8) is 0 Å². The number of pyridine rings is 1. The first-order valence-corrected chi connectivity index (χ1v) is 17.3. The summed E-state index contributed by atoms with van der Waals surface area (Å²) >= 11 is 6.30. The predicted molar refractivity (Wildman–Crippen MR) is 200 cm³/mol. The molecule has 1 fully saturated rings. The number of imide groups is 1. The maximum Gasteiger partial charge on any atom is 0.407 e. The van der Waals surface area contributed by atoms with Gasteiger partial charge in [-0.1, -0.05) is 41.9 Å². The molecule has 2 aromatic heterocycles. The molecule has 1 saturated heterocycles. The van der Waals surface area contributed by atoms with E-state index < -0.39 is 52.2 Å². The van der Waals surface area contributed by atoms with Gasteiger partial charge in [0.15, 0.2) is 5.75 Å². The van der Waals surface area contributed by atoms with Gasteiger partial charge in [-0.25, -0.2) is 9.78 Å². The maximum absolute atomic E-state index is 13.4. The fraction of sp³-hybridized carbons (Fsp3) is 0.361. The van der Waals surface area contributed by atoms with Gasteiger partial charge in [-0.3, -0.25) is 29.4 Å². The van der Waals surface area contributed by atoms with Gasteiger partial charge in [0.2, 0.25) is 11.9 Å².